The van der Waals surface area contributed by atoms with Crippen LogP contribution in [0.2, 0.25) is 0 Å². The van der Waals surface area contributed by atoms with Gasteiger partial charge in [0.05, 0.1) is 24.0 Å². The molecule has 2 aromatic heterocycles. The zero-order valence-corrected chi connectivity index (χ0v) is 12.4. The maximum atomic E-state index is 10.9. The van der Waals surface area contributed by atoms with Gasteiger partial charge in [0, 0.05) is 17.8 Å². The maximum absolute atomic E-state index is 10.9. The first kappa shape index (κ1) is 14.2. The molecular formula is C16H13N3O2S. The Morgan fingerprint density at radius 3 is 2.59 bits per heavy atom. The largest absolute Gasteiger partial charge is 0.478 e. The molecule has 110 valence electrons. The van der Waals surface area contributed by atoms with Gasteiger partial charge in [-0.2, -0.15) is 0 Å². The number of hydrogen-bond donors (Lipinski definition) is 1. The molecule has 0 amide bonds. The Morgan fingerprint density at radius 1 is 1.18 bits per heavy atom. The average molecular weight is 311 g/mol. The highest BCUT2D eigenvalue weighted by molar-refractivity contribution is 7.13. The molecule has 0 saturated heterocycles. The topological polar surface area (TPSA) is 66.3 Å². The number of hydrogen-bond acceptors (Lipinski definition) is 5. The number of thiazole rings is 1. The fraction of sp³-hybridized carbons (Fsp3) is 0.0625. The van der Waals surface area contributed by atoms with E-state index in [1.807, 2.05) is 34.5 Å². The number of aromatic carboxylic acids is 1. The van der Waals surface area contributed by atoms with Crippen LogP contribution >= 0.6 is 11.3 Å². The standard InChI is InChI=1S/C16H13N3O2S/c20-15(21)13-5-3-12(4-6-13)11-19(16-18-8-9-22-16)14-2-1-7-17-10-14/h1-10H,11H2,(H,20,21). The monoisotopic (exact) mass is 311 g/mol. The number of carboxylic acid groups (broad SMARTS) is 1. The van der Waals surface area contributed by atoms with Crippen molar-refractivity contribution < 1.29 is 9.90 Å². The summed E-state index contributed by atoms with van der Waals surface area (Å²) in [4.78, 5) is 21.5. The van der Waals surface area contributed by atoms with Gasteiger partial charge < -0.3 is 10.0 Å². The highest BCUT2D eigenvalue weighted by atomic mass is 32.1. The molecule has 22 heavy (non-hydrogen) atoms. The summed E-state index contributed by atoms with van der Waals surface area (Å²) in [5.74, 6) is -0.921. The van der Waals surface area contributed by atoms with Crippen LogP contribution in [-0.4, -0.2) is 21.0 Å². The quantitative estimate of drug-likeness (QED) is 0.780. The smallest absolute Gasteiger partial charge is 0.335 e. The molecule has 0 saturated carbocycles. The van der Waals surface area contributed by atoms with Crippen molar-refractivity contribution in [3.05, 3.63) is 71.5 Å². The summed E-state index contributed by atoms with van der Waals surface area (Å²) in [6.45, 7) is 0.596. The molecule has 0 aliphatic rings. The Labute approximate surface area is 131 Å². The van der Waals surface area contributed by atoms with Crippen LogP contribution in [0.1, 0.15) is 15.9 Å². The van der Waals surface area contributed by atoms with Gasteiger partial charge in [-0.3, -0.25) is 4.98 Å². The summed E-state index contributed by atoms with van der Waals surface area (Å²) in [6, 6.07) is 10.7. The molecule has 2 heterocycles. The average Bonchev–Trinajstić information content (AvgIpc) is 3.08. The lowest BCUT2D eigenvalue weighted by Crippen LogP contribution is -2.16. The molecule has 0 bridgehead atoms. The van der Waals surface area contributed by atoms with Gasteiger partial charge in [-0.05, 0) is 29.8 Å². The second-order valence-corrected chi connectivity index (χ2v) is 5.49. The van der Waals surface area contributed by atoms with Crippen LogP contribution in [0.15, 0.2) is 60.4 Å². The third kappa shape index (κ3) is 3.12. The molecule has 1 aromatic carbocycles. The molecule has 5 nitrogen and oxygen atoms in total. The Balaban J connectivity index is 1.89. The van der Waals surface area contributed by atoms with Crippen molar-refractivity contribution in [2.45, 2.75) is 6.54 Å². The van der Waals surface area contributed by atoms with Gasteiger partial charge in [0.25, 0.3) is 0 Å². The predicted molar refractivity (Wildman–Crippen MR) is 85.6 cm³/mol. The van der Waals surface area contributed by atoms with Gasteiger partial charge in [0.15, 0.2) is 5.13 Å². The minimum Gasteiger partial charge on any atom is -0.478 e. The van der Waals surface area contributed by atoms with Crippen LogP contribution < -0.4 is 4.90 Å². The second-order valence-electron chi connectivity index (χ2n) is 4.61. The van der Waals surface area contributed by atoms with E-state index in [0.717, 1.165) is 16.4 Å². The van der Waals surface area contributed by atoms with Crippen LogP contribution in [-0.2, 0) is 6.54 Å². The van der Waals surface area contributed by atoms with Gasteiger partial charge >= 0.3 is 5.97 Å². The number of anilines is 2. The van der Waals surface area contributed by atoms with Crippen molar-refractivity contribution in [3.63, 3.8) is 0 Å². The van der Waals surface area contributed by atoms with Crippen LogP contribution in [0.5, 0.6) is 0 Å². The predicted octanol–water partition coefficient (Wildman–Crippen LogP) is 3.57. The van der Waals surface area contributed by atoms with Crippen LogP contribution in [0, 0.1) is 0 Å². The maximum Gasteiger partial charge on any atom is 0.335 e. The molecule has 0 spiro atoms. The van der Waals surface area contributed by atoms with E-state index in [1.165, 1.54) is 0 Å². The molecule has 0 aliphatic heterocycles. The summed E-state index contributed by atoms with van der Waals surface area (Å²) in [5, 5.41) is 11.8. The van der Waals surface area contributed by atoms with Crippen molar-refractivity contribution in [3.8, 4) is 0 Å². The highest BCUT2D eigenvalue weighted by Gasteiger charge is 2.13. The third-order valence-electron chi connectivity index (χ3n) is 3.15. The van der Waals surface area contributed by atoms with Gasteiger partial charge in [-0.1, -0.05) is 12.1 Å². The minimum absolute atomic E-state index is 0.283. The van der Waals surface area contributed by atoms with E-state index in [9.17, 15) is 4.79 Å². The minimum atomic E-state index is -0.921. The molecule has 0 aliphatic carbocycles. The number of benzene rings is 1. The lowest BCUT2D eigenvalue weighted by molar-refractivity contribution is 0.0697. The highest BCUT2D eigenvalue weighted by Crippen LogP contribution is 2.28. The van der Waals surface area contributed by atoms with Crippen LogP contribution in [0.25, 0.3) is 0 Å². The summed E-state index contributed by atoms with van der Waals surface area (Å²) in [5.41, 5.74) is 2.23. The number of aromatic nitrogens is 2. The van der Waals surface area contributed by atoms with Gasteiger partial charge in [0.1, 0.15) is 0 Å². The van der Waals surface area contributed by atoms with Crippen LogP contribution in [0.4, 0.5) is 10.8 Å². The number of pyridine rings is 1. The Bertz CT molecular complexity index is 743. The van der Waals surface area contributed by atoms with E-state index in [1.54, 1.807) is 42.1 Å². The molecule has 0 atom stereocenters. The lowest BCUT2D eigenvalue weighted by atomic mass is 10.1. The van der Waals surface area contributed by atoms with Crippen LogP contribution in [0.3, 0.4) is 0 Å². The van der Waals surface area contributed by atoms with Crippen molar-refractivity contribution in [2.75, 3.05) is 4.90 Å². The van der Waals surface area contributed by atoms with E-state index in [4.69, 9.17) is 5.11 Å². The first-order valence-electron chi connectivity index (χ1n) is 6.63. The van der Waals surface area contributed by atoms with E-state index in [2.05, 4.69) is 9.97 Å². The Morgan fingerprint density at radius 2 is 2.00 bits per heavy atom. The zero-order valence-electron chi connectivity index (χ0n) is 11.6. The lowest BCUT2D eigenvalue weighted by Gasteiger charge is -2.21. The number of carboxylic acids is 1. The van der Waals surface area contributed by atoms with Crippen molar-refractivity contribution >= 4 is 28.1 Å². The van der Waals surface area contributed by atoms with E-state index >= 15 is 0 Å². The number of nitrogens with zero attached hydrogens (tertiary/aromatic N) is 3. The fourth-order valence-electron chi connectivity index (χ4n) is 2.07. The normalized spacial score (nSPS) is 10.4. The number of carbonyl (C=O) groups is 1. The molecule has 0 unspecified atom stereocenters. The first-order valence-corrected chi connectivity index (χ1v) is 7.51. The third-order valence-corrected chi connectivity index (χ3v) is 3.94. The summed E-state index contributed by atoms with van der Waals surface area (Å²) >= 11 is 1.55. The fourth-order valence-corrected chi connectivity index (χ4v) is 2.73. The molecule has 3 aromatic rings. The molecular weight excluding hydrogens is 298 g/mol. The van der Waals surface area contributed by atoms with Crippen molar-refractivity contribution in [1.82, 2.24) is 9.97 Å². The van der Waals surface area contributed by atoms with Gasteiger partial charge in [0.2, 0.25) is 0 Å². The molecule has 0 radical (unpaired) electrons. The summed E-state index contributed by atoms with van der Waals surface area (Å²) in [7, 11) is 0. The molecule has 6 heteroatoms. The summed E-state index contributed by atoms with van der Waals surface area (Å²) < 4.78 is 0. The van der Waals surface area contributed by atoms with Crippen molar-refractivity contribution in [2.24, 2.45) is 0 Å². The molecule has 0 fully saturated rings. The summed E-state index contributed by atoms with van der Waals surface area (Å²) in [6.07, 6.45) is 5.27. The van der Waals surface area contributed by atoms with E-state index in [0.29, 0.717) is 6.54 Å². The Hall–Kier alpha value is -2.73. The van der Waals surface area contributed by atoms with E-state index in [-0.39, 0.29) is 5.56 Å². The second kappa shape index (κ2) is 6.36. The molecule has 1 N–H and O–H groups in total. The Kier molecular flexibility index (Phi) is 4.11. The number of rotatable bonds is 5. The van der Waals surface area contributed by atoms with E-state index < -0.39 is 5.97 Å². The zero-order chi connectivity index (χ0) is 15.4. The SMILES string of the molecule is O=C(O)c1ccc(CN(c2cccnc2)c2nccs2)cc1. The first-order chi connectivity index (χ1) is 10.7. The molecule has 3 rings (SSSR count). The van der Waals surface area contributed by atoms with Gasteiger partial charge in [-0.25, -0.2) is 9.78 Å². The van der Waals surface area contributed by atoms with Gasteiger partial charge in [-0.15, -0.1) is 11.3 Å². The van der Waals surface area contributed by atoms with Crippen molar-refractivity contribution in [1.29, 1.82) is 0 Å².